The number of rotatable bonds is 6. The van der Waals surface area contributed by atoms with Crippen LogP contribution >= 0.6 is 0 Å². The van der Waals surface area contributed by atoms with E-state index < -0.39 is 23.8 Å². The topological polar surface area (TPSA) is 131 Å². The van der Waals surface area contributed by atoms with Gasteiger partial charge in [0.25, 0.3) is 11.8 Å². The van der Waals surface area contributed by atoms with E-state index >= 15 is 0 Å². The van der Waals surface area contributed by atoms with E-state index in [2.05, 4.69) is 40.8 Å². The van der Waals surface area contributed by atoms with Gasteiger partial charge in [-0.2, -0.15) is 13.2 Å². The zero-order chi connectivity index (χ0) is 29.3. The van der Waals surface area contributed by atoms with E-state index in [1.165, 1.54) is 12.4 Å². The first-order valence-corrected chi connectivity index (χ1v) is 12.8. The van der Waals surface area contributed by atoms with Crippen molar-refractivity contribution in [3.63, 3.8) is 0 Å². The molecule has 0 saturated carbocycles. The smallest absolute Gasteiger partial charge is 0.402 e. The Morgan fingerprint density at radius 1 is 0.905 bits per heavy atom. The molecule has 42 heavy (non-hydrogen) atoms. The molecule has 0 aliphatic carbocycles. The van der Waals surface area contributed by atoms with Crippen molar-refractivity contribution in [2.45, 2.75) is 25.7 Å². The number of fused-ring (bicyclic) bond motifs is 1. The third-order valence-corrected chi connectivity index (χ3v) is 6.43. The van der Waals surface area contributed by atoms with Crippen molar-refractivity contribution in [2.24, 2.45) is 4.99 Å². The van der Waals surface area contributed by atoms with Crippen LogP contribution in [0.5, 0.6) is 0 Å². The van der Waals surface area contributed by atoms with Gasteiger partial charge in [-0.25, -0.2) is 19.9 Å². The second kappa shape index (κ2) is 10.8. The highest BCUT2D eigenvalue weighted by molar-refractivity contribution is 6.19. The van der Waals surface area contributed by atoms with Crippen LogP contribution in [0, 0.1) is 0 Å². The minimum absolute atomic E-state index is 0.0115. The lowest BCUT2D eigenvalue weighted by atomic mass is 10.0. The van der Waals surface area contributed by atoms with E-state index in [1.807, 2.05) is 49.4 Å². The molecule has 1 atom stereocenters. The predicted octanol–water partition coefficient (Wildman–Crippen LogP) is 5.40. The van der Waals surface area contributed by atoms with E-state index in [0.717, 1.165) is 17.2 Å². The number of aliphatic imine (C=N–C) groups is 1. The molecule has 1 aliphatic rings. The number of aromatic nitrogens is 5. The Hall–Kier alpha value is -5.46. The van der Waals surface area contributed by atoms with Gasteiger partial charge in [-0.3, -0.25) is 4.79 Å². The number of benzene rings is 2. The monoisotopic (exact) mass is 570 g/mol. The highest BCUT2D eigenvalue weighted by Gasteiger charge is 2.33. The molecule has 0 bridgehead atoms. The van der Waals surface area contributed by atoms with Crippen LogP contribution in [-0.4, -0.2) is 42.9 Å². The van der Waals surface area contributed by atoms with Gasteiger partial charge in [-0.15, -0.1) is 5.10 Å². The Morgan fingerprint density at radius 2 is 1.64 bits per heavy atom. The molecule has 0 fully saturated rings. The third kappa shape index (κ3) is 5.31. The molecule has 4 heterocycles. The van der Waals surface area contributed by atoms with Crippen LogP contribution in [0.4, 0.5) is 24.9 Å². The Morgan fingerprint density at radius 3 is 2.38 bits per heavy atom. The highest BCUT2D eigenvalue weighted by atomic mass is 19.4. The molecule has 0 saturated heterocycles. The van der Waals surface area contributed by atoms with Gasteiger partial charge < -0.3 is 15.1 Å². The minimum atomic E-state index is -4.63. The Bertz CT molecular complexity index is 1790. The van der Waals surface area contributed by atoms with Gasteiger partial charge in [-0.1, -0.05) is 60.6 Å². The number of anilines is 2. The van der Waals surface area contributed by atoms with Crippen LogP contribution < -0.4 is 10.6 Å². The summed E-state index contributed by atoms with van der Waals surface area (Å²) in [6.07, 6.45) is -1.74. The van der Waals surface area contributed by atoms with Gasteiger partial charge in [0.1, 0.15) is 11.5 Å². The minimum Gasteiger partial charge on any atom is -0.402 e. The van der Waals surface area contributed by atoms with Crippen molar-refractivity contribution in [1.29, 1.82) is 0 Å². The maximum Gasteiger partial charge on any atom is 0.417 e. The molecule has 1 unspecified atom stereocenters. The third-order valence-electron chi connectivity index (χ3n) is 6.43. The summed E-state index contributed by atoms with van der Waals surface area (Å²) >= 11 is 0. The normalized spacial score (nSPS) is 14.9. The molecule has 1 amide bonds. The summed E-state index contributed by atoms with van der Waals surface area (Å²) in [5, 5.41) is 13.6. The number of aryl methyl sites for hydroxylation is 1. The van der Waals surface area contributed by atoms with Crippen molar-refractivity contribution >= 4 is 23.3 Å². The number of carbonyl (C=O) groups is 1. The van der Waals surface area contributed by atoms with Crippen molar-refractivity contribution in [2.75, 3.05) is 10.6 Å². The first-order chi connectivity index (χ1) is 20.3. The van der Waals surface area contributed by atoms with E-state index in [0.29, 0.717) is 29.8 Å². The van der Waals surface area contributed by atoms with Crippen molar-refractivity contribution in [3.05, 3.63) is 102 Å². The zero-order valence-electron chi connectivity index (χ0n) is 21.9. The van der Waals surface area contributed by atoms with E-state index in [4.69, 9.17) is 4.42 Å². The van der Waals surface area contributed by atoms with E-state index in [1.54, 1.807) is 12.1 Å². The van der Waals surface area contributed by atoms with Gasteiger partial charge in [0.2, 0.25) is 6.17 Å². The molecular weight excluding hydrogens is 549 g/mol. The lowest BCUT2D eigenvalue weighted by Gasteiger charge is -2.12. The first-order valence-electron chi connectivity index (χ1n) is 12.8. The highest BCUT2D eigenvalue weighted by Crippen LogP contribution is 2.36. The van der Waals surface area contributed by atoms with Crippen LogP contribution in [0.1, 0.15) is 29.4 Å². The average molecular weight is 571 g/mol. The fourth-order valence-corrected chi connectivity index (χ4v) is 4.36. The summed E-state index contributed by atoms with van der Waals surface area (Å²) in [6, 6.07) is 17.4. The summed E-state index contributed by atoms with van der Waals surface area (Å²) in [5.41, 5.74) is 2.01. The second-order valence-corrected chi connectivity index (χ2v) is 9.20. The molecule has 3 aromatic heterocycles. The largest absolute Gasteiger partial charge is 0.417 e. The molecule has 13 heteroatoms. The van der Waals surface area contributed by atoms with Crippen LogP contribution in [-0.2, 0) is 17.4 Å². The number of alkyl halides is 3. The van der Waals surface area contributed by atoms with Gasteiger partial charge in [0, 0.05) is 47.3 Å². The van der Waals surface area contributed by atoms with Crippen molar-refractivity contribution < 1.29 is 22.4 Å². The summed E-state index contributed by atoms with van der Waals surface area (Å²) in [5.74, 6) is -0.122. The molecule has 10 nitrogen and oxygen atoms in total. The summed E-state index contributed by atoms with van der Waals surface area (Å²) in [4.78, 5) is 30.2. The number of amides is 1. The fourth-order valence-electron chi connectivity index (χ4n) is 4.36. The first kappa shape index (κ1) is 26.7. The number of hydrogen-bond acceptors (Lipinski definition) is 9. The molecule has 1 aliphatic heterocycles. The Labute approximate surface area is 236 Å². The zero-order valence-corrected chi connectivity index (χ0v) is 21.9. The molecule has 210 valence electrons. The van der Waals surface area contributed by atoms with Gasteiger partial charge in [-0.05, 0) is 12.1 Å². The molecule has 6 rings (SSSR count). The van der Waals surface area contributed by atoms with Crippen LogP contribution in [0.2, 0.25) is 0 Å². The number of nitrogens with one attached hydrogen (secondary N) is 2. The standard InChI is InChI=1S/C29H21F3N8O2/c1-2-22-33-13-17(14-34-22)20-12-18(29(30,31)32)15-35-24(20)27-39-40-28(42-27)38-25-26(41)36-21-11-7-6-10-19(21)23(37-25)16-8-4-3-5-9-16/h3-15,25H,2H2,1H3,(H,36,41)(H,38,40). The average Bonchev–Trinajstić information content (AvgIpc) is 3.42. The molecule has 0 radical (unpaired) electrons. The number of para-hydroxylation sites is 1. The molecule has 2 aromatic carbocycles. The Balaban J connectivity index is 1.36. The number of hydrogen-bond donors (Lipinski definition) is 2. The molecule has 2 N–H and O–H groups in total. The predicted molar refractivity (Wildman–Crippen MR) is 147 cm³/mol. The lowest BCUT2D eigenvalue weighted by molar-refractivity contribution is -0.137. The number of benzodiazepines with no additional fused rings is 1. The van der Waals surface area contributed by atoms with E-state index in [9.17, 15) is 18.0 Å². The van der Waals surface area contributed by atoms with Crippen LogP contribution in [0.25, 0.3) is 22.7 Å². The summed E-state index contributed by atoms with van der Waals surface area (Å²) in [6.45, 7) is 1.86. The van der Waals surface area contributed by atoms with E-state index in [-0.39, 0.29) is 28.7 Å². The van der Waals surface area contributed by atoms with Gasteiger partial charge in [0.05, 0.1) is 17.0 Å². The maximum atomic E-state index is 13.5. The molecule has 0 spiro atoms. The lowest BCUT2D eigenvalue weighted by Crippen LogP contribution is -2.32. The maximum absolute atomic E-state index is 13.5. The Kier molecular flexibility index (Phi) is 6.90. The van der Waals surface area contributed by atoms with Crippen LogP contribution in [0.3, 0.4) is 0 Å². The van der Waals surface area contributed by atoms with Crippen molar-refractivity contribution in [3.8, 4) is 22.7 Å². The summed E-state index contributed by atoms with van der Waals surface area (Å²) < 4.78 is 46.4. The quantitative estimate of drug-likeness (QED) is 0.278. The number of carbonyl (C=O) groups excluding carboxylic acids is 1. The second-order valence-electron chi connectivity index (χ2n) is 9.20. The molecular formula is C29H21F3N8O2. The number of pyridine rings is 1. The number of nitrogens with zero attached hydrogens (tertiary/aromatic N) is 6. The SMILES string of the molecule is CCc1ncc(-c2cc(C(F)(F)F)cnc2-c2nnc(NC3N=C(c4ccccc4)c4ccccc4NC3=O)o2)cn1. The van der Waals surface area contributed by atoms with Crippen molar-refractivity contribution in [1.82, 2.24) is 25.1 Å². The molecule has 5 aromatic rings. The summed E-state index contributed by atoms with van der Waals surface area (Å²) in [7, 11) is 0. The van der Waals surface area contributed by atoms with Gasteiger partial charge in [0.15, 0.2) is 0 Å². The fraction of sp³-hybridized carbons (Fsp3) is 0.138. The van der Waals surface area contributed by atoms with Crippen LogP contribution in [0.15, 0.2) is 88.7 Å². The number of halogens is 3. The van der Waals surface area contributed by atoms with Gasteiger partial charge >= 0.3 is 12.2 Å².